The molecule has 0 saturated carbocycles. The summed E-state index contributed by atoms with van der Waals surface area (Å²) in [6, 6.07) is 8.45. The van der Waals surface area contributed by atoms with Crippen molar-refractivity contribution in [3.63, 3.8) is 0 Å². The van der Waals surface area contributed by atoms with Crippen LogP contribution < -0.4 is 10.2 Å². The molecule has 1 fully saturated rings. The molecule has 0 bridgehead atoms. The second kappa shape index (κ2) is 6.88. The molecule has 1 unspecified atom stereocenters. The summed E-state index contributed by atoms with van der Waals surface area (Å²) in [4.78, 5) is 6.51. The Hall–Kier alpha value is -2.54. The Balaban J connectivity index is 1.37. The first-order chi connectivity index (χ1) is 12.9. The topological polar surface area (TPSA) is 71.2 Å². The molecule has 1 aliphatic heterocycles. The number of nitrogens with one attached hydrogen (secondary N) is 1. The van der Waals surface area contributed by atoms with Gasteiger partial charge >= 0.3 is 0 Å². The van der Waals surface area contributed by atoms with Gasteiger partial charge in [0.15, 0.2) is 11.5 Å². The Morgan fingerprint density at radius 2 is 2.00 bits per heavy atom. The maximum atomic E-state index is 4.79. The maximum Gasteiger partial charge on any atom is 0.178 e. The van der Waals surface area contributed by atoms with E-state index in [0.717, 1.165) is 36.9 Å². The minimum absolute atomic E-state index is 0.0884. The highest BCUT2D eigenvalue weighted by atomic mass is 15.4. The molecular formula is C20H27N7. The number of fused-ring (bicyclic) bond motifs is 1. The van der Waals surface area contributed by atoms with Crippen LogP contribution in [-0.2, 0) is 5.41 Å². The number of pyridine rings is 1. The molecule has 1 saturated heterocycles. The Morgan fingerprint density at radius 1 is 1.19 bits per heavy atom. The van der Waals surface area contributed by atoms with Crippen molar-refractivity contribution in [2.75, 3.05) is 24.5 Å². The van der Waals surface area contributed by atoms with Crippen molar-refractivity contribution >= 4 is 11.5 Å². The smallest absolute Gasteiger partial charge is 0.178 e. The molecule has 27 heavy (non-hydrogen) atoms. The molecule has 4 heterocycles. The summed E-state index contributed by atoms with van der Waals surface area (Å²) in [6.07, 6.45) is 3.74. The zero-order valence-corrected chi connectivity index (χ0v) is 16.4. The number of aromatic nitrogens is 5. The van der Waals surface area contributed by atoms with E-state index in [1.165, 1.54) is 5.56 Å². The van der Waals surface area contributed by atoms with Crippen molar-refractivity contribution in [3.05, 3.63) is 48.0 Å². The van der Waals surface area contributed by atoms with Gasteiger partial charge in [-0.3, -0.25) is 4.98 Å². The lowest BCUT2D eigenvalue weighted by Crippen LogP contribution is -2.51. The molecule has 1 aliphatic rings. The minimum atomic E-state index is -0.0884. The molecule has 7 nitrogen and oxygen atoms in total. The van der Waals surface area contributed by atoms with E-state index in [9.17, 15) is 0 Å². The van der Waals surface area contributed by atoms with Gasteiger partial charge in [0, 0.05) is 49.4 Å². The first-order valence-corrected chi connectivity index (χ1v) is 9.53. The SMILES string of the molecule is CC(NCC1CN(c2ccc3nnc(C(C)(C)C)n3n2)C1)c1cccnc1. The van der Waals surface area contributed by atoms with Gasteiger partial charge in [-0.15, -0.1) is 15.3 Å². The van der Waals surface area contributed by atoms with Crippen molar-refractivity contribution in [2.24, 2.45) is 5.92 Å². The largest absolute Gasteiger partial charge is 0.354 e. The predicted molar refractivity (Wildman–Crippen MR) is 106 cm³/mol. The normalized spacial score (nSPS) is 16.5. The van der Waals surface area contributed by atoms with Crippen LogP contribution in [0.2, 0.25) is 0 Å². The van der Waals surface area contributed by atoms with E-state index in [0.29, 0.717) is 12.0 Å². The molecule has 0 spiro atoms. The van der Waals surface area contributed by atoms with E-state index in [4.69, 9.17) is 5.10 Å². The number of nitrogens with zero attached hydrogens (tertiary/aromatic N) is 6. The molecule has 7 heteroatoms. The summed E-state index contributed by atoms with van der Waals surface area (Å²) in [6.45, 7) is 11.6. The van der Waals surface area contributed by atoms with E-state index in [1.54, 1.807) is 0 Å². The highest BCUT2D eigenvalue weighted by Gasteiger charge is 2.29. The summed E-state index contributed by atoms with van der Waals surface area (Å²) in [5.74, 6) is 2.51. The predicted octanol–water partition coefficient (Wildman–Crippen LogP) is 2.60. The molecule has 142 valence electrons. The third-order valence-corrected chi connectivity index (χ3v) is 5.10. The van der Waals surface area contributed by atoms with E-state index in [2.05, 4.69) is 59.2 Å². The second-order valence-electron chi connectivity index (χ2n) is 8.42. The van der Waals surface area contributed by atoms with E-state index in [1.807, 2.05) is 35.1 Å². The molecular weight excluding hydrogens is 338 g/mol. The molecule has 0 aromatic carbocycles. The van der Waals surface area contributed by atoms with Gasteiger partial charge in [0.2, 0.25) is 0 Å². The Bertz CT molecular complexity index is 907. The van der Waals surface area contributed by atoms with Crippen LogP contribution in [0.4, 0.5) is 5.82 Å². The quantitative estimate of drug-likeness (QED) is 0.749. The summed E-state index contributed by atoms with van der Waals surface area (Å²) in [5, 5.41) is 17.0. The highest BCUT2D eigenvalue weighted by molar-refractivity contribution is 5.47. The van der Waals surface area contributed by atoms with Crippen molar-refractivity contribution in [1.29, 1.82) is 0 Å². The number of hydrogen-bond acceptors (Lipinski definition) is 6. The molecule has 4 rings (SSSR count). The van der Waals surface area contributed by atoms with Crippen molar-refractivity contribution < 1.29 is 0 Å². The lowest BCUT2D eigenvalue weighted by Gasteiger charge is -2.40. The van der Waals surface area contributed by atoms with Crippen LogP contribution in [-0.4, -0.2) is 44.4 Å². The minimum Gasteiger partial charge on any atom is -0.354 e. The first kappa shape index (κ1) is 17.9. The van der Waals surface area contributed by atoms with Gasteiger partial charge in [-0.1, -0.05) is 26.8 Å². The van der Waals surface area contributed by atoms with Gasteiger partial charge in [0.25, 0.3) is 0 Å². The van der Waals surface area contributed by atoms with Crippen molar-refractivity contribution in [2.45, 2.75) is 39.2 Å². The summed E-state index contributed by atoms with van der Waals surface area (Å²) < 4.78 is 1.88. The van der Waals surface area contributed by atoms with Gasteiger partial charge < -0.3 is 10.2 Å². The van der Waals surface area contributed by atoms with Crippen LogP contribution in [0.3, 0.4) is 0 Å². The average molecular weight is 365 g/mol. The maximum absolute atomic E-state index is 4.79. The fourth-order valence-corrected chi connectivity index (χ4v) is 3.39. The van der Waals surface area contributed by atoms with Crippen molar-refractivity contribution in [1.82, 2.24) is 30.1 Å². The van der Waals surface area contributed by atoms with Gasteiger partial charge in [-0.05, 0) is 30.7 Å². The van der Waals surface area contributed by atoms with Gasteiger partial charge in [0.05, 0.1) is 0 Å². The van der Waals surface area contributed by atoms with Crippen LogP contribution in [0.5, 0.6) is 0 Å². The second-order valence-corrected chi connectivity index (χ2v) is 8.42. The molecule has 3 aromatic heterocycles. The van der Waals surface area contributed by atoms with Crippen LogP contribution in [0.25, 0.3) is 5.65 Å². The van der Waals surface area contributed by atoms with Crippen LogP contribution in [0.1, 0.15) is 45.1 Å². The van der Waals surface area contributed by atoms with E-state index >= 15 is 0 Å². The zero-order valence-electron chi connectivity index (χ0n) is 16.4. The molecule has 1 N–H and O–H groups in total. The number of rotatable bonds is 5. The fraction of sp³-hybridized carbons (Fsp3) is 0.500. The van der Waals surface area contributed by atoms with Crippen LogP contribution in [0.15, 0.2) is 36.7 Å². The van der Waals surface area contributed by atoms with E-state index < -0.39 is 0 Å². The summed E-state index contributed by atoms with van der Waals surface area (Å²) in [5.41, 5.74) is 1.94. The van der Waals surface area contributed by atoms with Gasteiger partial charge in [-0.25, -0.2) is 0 Å². The zero-order chi connectivity index (χ0) is 19.0. The van der Waals surface area contributed by atoms with E-state index in [-0.39, 0.29) is 5.41 Å². The average Bonchev–Trinajstić information content (AvgIpc) is 3.04. The summed E-state index contributed by atoms with van der Waals surface area (Å²) >= 11 is 0. The first-order valence-electron chi connectivity index (χ1n) is 9.53. The number of hydrogen-bond donors (Lipinski definition) is 1. The molecule has 0 aliphatic carbocycles. The third kappa shape index (κ3) is 3.64. The van der Waals surface area contributed by atoms with Crippen molar-refractivity contribution in [3.8, 4) is 0 Å². The van der Waals surface area contributed by atoms with Gasteiger partial charge in [0.1, 0.15) is 5.82 Å². The molecule has 0 amide bonds. The Kier molecular flexibility index (Phi) is 4.55. The number of anilines is 1. The fourth-order valence-electron chi connectivity index (χ4n) is 3.39. The standard InChI is InChI=1S/C20H27N7/c1-14(16-6-5-9-21-11-16)22-10-15-12-26(13-15)18-8-7-17-23-24-19(20(2,3)4)27(17)25-18/h5-9,11,14-15,22H,10,12-13H2,1-4H3. The van der Waals surface area contributed by atoms with Gasteiger partial charge in [-0.2, -0.15) is 4.52 Å². The highest BCUT2D eigenvalue weighted by Crippen LogP contribution is 2.25. The molecule has 1 atom stereocenters. The Morgan fingerprint density at radius 3 is 2.70 bits per heavy atom. The monoisotopic (exact) mass is 365 g/mol. The molecule has 0 radical (unpaired) electrons. The third-order valence-electron chi connectivity index (χ3n) is 5.10. The van der Waals surface area contributed by atoms with Crippen LogP contribution >= 0.6 is 0 Å². The molecule has 3 aromatic rings. The van der Waals surface area contributed by atoms with Crippen LogP contribution in [0, 0.1) is 5.92 Å². The Labute approximate surface area is 159 Å². The lowest BCUT2D eigenvalue weighted by molar-refractivity contribution is 0.365. The summed E-state index contributed by atoms with van der Waals surface area (Å²) in [7, 11) is 0. The lowest BCUT2D eigenvalue weighted by atomic mass is 9.96.